The lowest BCUT2D eigenvalue weighted by Gasteiger charge is -2.31. The first-order chi connectivity index (χ1) is 12.7. The van der Waals surface area contributed by atoms with E-state index < -0.39 is 0 Å². The van der Waals surface area contributed by atoms with E-state index in [2.05, 4.69) is 26.7 Å². The van der Waals surface area contributed by atoms with Crippen molar-refractivity contribution in [3.05, 3.63) is 21.9 Å². The van der Waals surface area contributed by atoms with Gasteiger partial charge in [-0.1, -0.05) is 0 Å². The number of carbonyl (C=O) groups is 1. The van der Waals surface area contributed by atoms with Gasteiger partial charge in [-0.3, -0.25) is 9.89 Å². The summed E-state index contributed by atoms with van der Waals surface area (Å²) in [6, 6.07) is 2.50. The van der Waals surface area contributed by atoms with Gasteiger partial charge < -0.3 is 20.7 Å². The van der Waals surface area contributed by atoms with Crippen LogP contribution in [0.15, 0.2) is 16.4 Å². The Hall–Kier alpha value is -1.07. The zero-order chi connectivity index (χ0) is 18.4. The van der Waals surface area contributed by atoms with Crippen molar-refractivity contribution < 1.29 is 9.53 Å². The largest absolute Gasteiger partial charge is 0.450 e. The summed E-state index contributed by atoms with van der Waals surface area (Å²) in [5.74, 6) is 0.507. The van der Waals surface area contributed by atoms with Crippen molar-refractivity contribution in [2.24, 2.45) is 10.7 Å². The molecule has 152 valence electrons. The van der Waals surface area contributed by atoms with Crippen LogP contribution in [-0.4, -0.2) is 67.2 Å². The number of nitrogens with two attached hydrogens (primary N) is 1. The molecule has 1 aromatic rings. The highest BCUT2D eigenvalue weighted by atomic mass is 127. The second kappa shape index (κ2) is 11.1. The Labute approximate surface area is 182 Å². The number of carbonyl (C=O) groups excluding carboxylic acids is 1. The zero-order valence-corrected chi connectivity index (χ0v) is 19.0. The standard InChI is InChI=1S/C18H29N5O2S.HI/c1-2-25-18(24)23-9-3-15(4-10-23)21-17(19)20-7-11-22-8-5-16-14(13-22)6-12-26-16;/h6,12,15H,2-5,7-11,13H2,1H3,(H3,19,20,21);1H. The van der Waals surface area contributed by atoms with Crippen molar-refractivity contribution in [3.8, 4) is 0 Å². The minimum absolute atomic E-state index is 0. The van der Waals surface area contributed by atoms with Crippen molar-refractivity contribution in [1.82, 2.24) is 15.1 Å². The fourth-order valence-corrected chi connectivity index (χ4v) is 4.38. The van der Waals surface area contributed by atoms with Gasteiger partial charge in [0.15, 0.2) is 5.96 Å². The summed E-state index contributed by atoms with van der Waals surface area (Å²) in [7, 11) is 0. The molecular weight excluding hydrogens is 477 g/mol. The van der Waals surface area contributed by atoms with Gasteiger partial charge in [-0.2, -0.15) is 0 Å². The molecule has 3 rings (SSSR count). The molecule has 1 saturated heterocycles. The highest BCUT2D eigenvalue weighted by molar-refractivity contribution is 14.0. The molecule has 1 amide bonds. The third-order valence-electron chi connectivity index (χ3n) is 4.96. The summed E-state index contributed by atoms with van der Waals surface area (Å²) in [6.07, 6.45) is 2.65. The quantitative estimate of drug-likeness (QED) is 0.363. The molecule has 0 aromatic carbocycles. The monoisotopic (exact) mass is 507 g/mol. The molecule has 3 heterocycles. The van der Waals surface area contributed by atoms with Crippen molar-refractivity contribution >= 4 is 47.4 Å². The highest BCUT2D eigenvalue weighted by Gasteiger charge is 2.23. The van der Waals surface area contributed by atoms with Gasteiger partial charge in [0.1, 0.15) is 0 Å². The van der Waals surface area contributed by atoms with Gasteiger partial charge in [-0.25, -0.2) is 4.79 Å². The van der Waals surface area contributed by atoms with Gasteiger partial charge in [0.05, 0.1) is 13.2 Å². The topological polar surface area (TPSA) is 83.2 Å². The average Bonchev–Trinajstić information content (AvgIpc) is 3.10. The molecule has 0 unspecified atom stereocenters. The Bertz CT molecular complexity index is 631. The first-order valence-electron chi connectivity index (χ1n) is 9.41. The smallest absolute Gasteiger partial charge is 0.409 e. The minimum Gasteiger partial charge on any atom is -0.450 e. The highest BCUT2D eigenvalue weighted by Crippen LogP contribution is 2.23. The molecule has 7 nitrogen and oxygen atoms in total. The van der Waals surface area contributed by atoms with Crippen molar-refractivity contribution in [1.29, 1.82) is 0 Å². The van der Waals surface area contributed by atoms with Crippen LogP contribution in [0.2, 0.25) is 0 Å². The number of aliphatic imine (C=N–C) groups is 1. The molecule has 2 aliphatic rings. The van der Waals surface area contributed by atoms with Gasteiger partial charge >= 0.3 is 6.09 Å². The number of fused-ring (bicyclic) bond motifs is 1. The van der Waals surface area contributed by atoms with E-state index in [0.29, 0.717) is 32.2 Å². The molecule has 0 radical (unpaired) electrons. The molecule has 27 heavy (non-hydrogen) atoms. The van der Waals surface area contributed by atoms with Crippen LogP contribution in [-0.2, 0) is 17.7 Å². The Morgan fingerprint density at radius 1 is 1.41 bits per heavy atom. The number of likely N-dealkylation sites (tertiary alicyclic amines) is 1. The lowest BCUT2D eigenvalue weighted by Crippen LogP contribution is -2.48. The molecule has 0 spiro atoms. The number of halogens is 1. The Balaban J connectivity index is 0.00000261. The summed E-state index contributed by atoms with van der Waals surface area (Å²) in [4.78, 5) is 21.9. The zero-order valence-electron chi connectivity index (χ0n) is 15.9. The van der Waals surface area contributed by atoms with E-state index in [1.165, 1.54) is 10.4 Å². The maximum Gasteiger partial charge on any atom is 0.409 e. The van der Waals surface area contributed by atoms with Crippen LogP contribution in [0.1, 0.15) is 30.2 Å². The summed E-state index contributed by atoms with van der Waals surface area (Å²) in [5, 5.41) is 5.47. The number of amides is 1. The number of nitrogens with zero attached hydrogens (tertiary/aromatic N) is 3. The lowest BCUT2D eigenvalue weighted by molar-refractivity contribution is 0.0963. The van der Waals surface area contributed by atoms with E-state index in [0.717, 1.165) is 38.9 Å². The van der Waals surface area contributed by atoms with Gasteiger partial charge in [-0.05, 0) is 43.2 Å². The Kier molecular flexibility index (Phi) is 9.10. The van der Waals surface area contributed by atoms with Gasteiger partial charge in [0.25, 0.3) is 0 Å². The molecule has 0 bridgehead atoms. The van der Waals surface area contributed by atoms with E-state index in [9.17, 15) is 4.79 Å². The van der Waals surface area contributed by atoms with Gasteiger partial charge in [0, 0.05) is 43.6 Å². The van der Waals surface area contributed by atoms with E-state index in [1.54, 1.807) is 4.90 Å². The van der Waals surface area contributed by atoms with Crippen molar-refractivity contribution in [2.45, 2.75) is 38.8 Å². The molecule has 0 aliphatic carbocycles. The number of rotatable bonds is 5. The first kappa shape index (κ1) is 22.2. The van der Waals surface area contributed by atoms with Crippen molar-refractivity contribution in [3.63, 3.8) is 0 Å². The second-order valence-corrected chi connectivity index (χ2v) is 7.77. The predicted molar refractivity (Wildman–Crippen MR) is 120 cm³/mol. The van der Waals surface area contributed by atoms with Crippen LogP contribution in [0.5, 0.6) is 0 Å². The second-order valence-electron chi connectivity index (χ2n) is 6.77. The van der Waals surface area contributed by atoms with Crippen LogP contribution in [0.4, 0.5) is 4.79 Å². The van der Waals surface area contributed by atoms with Crippen molar-refractivity contribution in [2.75, 3.05) is 39.3 Å². The van der Waals surface area contributed by atoms with E-state index in [-0.39, 0.29) is 36.1 Å². The Morgan fingerprint density at radius 2 is 2.19 bits per heavy atom. The van der Waals surface area contributed by atoms with Crippen LogP contribution >= 0.6 is 35.3 Å². The molecule has 3 N–H and O–H groups in total. The fraction of sp³-hybridized carbons (Fsp3) is 0.667. The van der Waals surface area contributed by atoms with Crippen LogP contribution in [0, 0.1) is 0 Å². The summed E-state index contributed by atoms with van der Waals surface area (Å²) in [6.45, 7) is 7.39. The fourth-order valence-electron chi connectivity index (χ4n) is 3.49. The molecule has 1 fully saturated rings. The maximum atomic E-state index is 11.7. The first-order valence-corrected chi connectivity index (χ1v) is 10.3. The van der Waals surface area contributed by atoms with Crippen LogP contribution < -0.4 is 11.1 Å². The van der Waals surface area contributed by atoms with Gasteiger partial charge in [0.2, 0.25) is 0 Å². The van der Waals surface area contributed by atoms with E-state index >= 15 is 0 Å². The number of guanidine groups is 1. The third kappa shape index (κ3) is 6.49. The molecule has 1 aromatic heterocycles. The summed E-state index contributed by atoms with van der Waals surface area (Å²) < 4.78 is 5.04. The normalized spacial score (nSPS) is 18.6. The molecular formula is C18H30IN5O2S. The number of thiophene rings is 1. The molecule has 0 saturated carbocycles. The predicted octanol–water partition coefficient (Wildman–Crippen LogP) is 2.25. The number of nitrogens with one attached hydrogen (secondary N) is 1. The van der Waals surface area contributed by atoms with E-state index in [1.807, 2.05) is 18.3 Å². The third-order valence-corrected chi connectivity index (χ3v) is 5.98. The SMILES string of the molecule is CCOC(=O)N1CCC(NC(N)=NCCN2CCc3sccc3C2)CC1.I. The average molecular weight is 507 g/mol. The van der Waals surface area contributed by atoms with Gasteiger partial charge in [-0.15, -0.1) is 35.3 Å². The van der Waals surface area contributed by atoms with Crippen LogP contribution in [0.3, 0.4) is 0 Å². The molecule has 9 heteroatoms. The number of piperidine rings is 1. The number of hydrogen-bond acceptors (Lipinski definition) is 5. The Morgan fingerprint density at radius 3 is 2.93 bits per heavy atom. The molecule has 2 aliphatic heterocycles. The lowest BCUT2D eigenvalue weighted by atomic mass is 10.1. The number of ether oxygens (including phenoxy) is 1. The minimum atomic E-state index is -0.220. The summed E-state index contributed by atoms with van der Waals surface area (Å²) >= 11 is 1.86. The summed E-state index contributed by atoms with van der Waals surface area (Å²) in [5.41, 5.74) is 7.50. The van der Waals surface area contributed by atoms with Crippen LogP contribution in [0.25, 0.3) is 0 Å². The maximum absolute atomic E-state index is 11.7. The number of hydrogen-bond donors (Lipinski definition) is 2. The van der Waals surface area contributed by atoms with E-state index in [4.69, 9.17) is 10.5 Å². The molecule has 0 atom stereocenters.